The molecule has 1 aliphatic heterocycles. The minimum atomic E-state index is -0.475. The van der Waals surface area contributed by atoms with Crippen molar-refractivity contribution >= 4 is 35.3 Å². The smallest absolute Gasteiger partial charge is 0.297 e. The van der Waals surface area contributed by atoms with E-state index in [9.17, 15) is 14.4 Å². The lowest BCUT2D eigenvalue weighted by Crippen LogP contribution is -2.47. The number of amidine groups is 1. The Kier molecular flexibility index (Phi) is 5.89. The van der Waals surface area contributed by atoms with Crippen LogP contribution in [-0.4, -0.2) is 28.6 Å². The van der Waals surface area contributed by atoms with E-state index in [4.69, 9.17) is 0 Å². The summed E-state index contributed by atoms with van der Waals surface area (Å²) >= 11 is 0. The molecule has 7 heteroatoms. The van der Waals surface area contributed by atoms with E-state index in [1.807, 2.05) is 60.7 Å². The van der Waals surface area contributed by atoms with Crippen LogP contribution in [0.4, 0.5) is 5.69 Å². The van der Waals surface area contributed by atoms with Gasteiger partial charge in [-0.05, 0) is 35.9 Å². The molecule has 0 saturated carbocycles. The van der Waals surface area contributed by atoms with Crippen LogP contribution in [0, 0.1) is 0 Å². The van der Waals surface area contributed by atoms with Crippen LogP contribution < -0.4 is 10.7 Å². The van der Waals surface area contributed by atoms with Crippen molar-refractivity contribution in [1.29, 1.82) is 0 Å². The third-order valence-corrected chi connectivity index (χ3v) is 4.68. The first-order chi connectivity index (χ1) is 15.5. The number of carbonyl (C=O) groups excluding carboxylic acids is 3. The highest BCUT2D eigenvalue weighted by molar-refractivity contribution is 6.20. The molecule has 3 aromatic rings. The first-order valence-corrected chi connectivity index (χ1v) is 9.95. The average Bonchev–Trinajstić information content (AvgIpc) is 3.10. The molecule has 0 aromatic heterocycles. The molecule has 0 unspecified atom stereocenters. The number of hydrogen-bond donors (Lipinski definition) is 2. The number of aliphatic imine (C=N–C) groups is 1. The molecular formula is C25H20N4O3. The van der Waals surface area contributed by atoms with Gasteiger partial charge in [0.05, 0.1) is 0 Å². The minimum Gasteiger partial charge on any atom is -0.326 e. The summed E-state index contributed by atoms with van der Waals surface area (Å²) in [5.41, 5.74) is 5.30. The van der Waals surface area contributed by atoms with Crippen molar-refractivity contribution in [3.05, 3.63) is 107 Å². The predicted octanol–water partition coefficient (Wildman–Crippen LogP) is 3.62. The van der Waals surface area contributed by atoms with Gasteiger partial charge in [-0.1, -0.05) is 60.7 Å². The van der Waals surface area contributed by atoms with Crippen molar-refractivity contribution in [3.8, 4) is 0 Å². The number of nitrogens with zero attached hydrogens (tertiary/aromatic N) is 2. The largest absolute Gasteiger partial charge is 0.326 e. The summed E-state index contributed by atoms with van der Waals surface area (Å²) in [7, 11) is 0. The van der Waals surface area contributed by atoms with Gasteiger partial charge < -0.3 is 5.32 Å². The molecule has 0 radical (unpaired) electrons. The van der Waals surface area contributed by atoms with Gasteiger partial charge in [-0.2, -0.15) is 5.01 Å². The Morgan fingerprint density at radius 3 is 2.12 bits per heavy atom. The molecule has 2 N–H and O–H groups in total. The van der Waals surface area contributed by atoms with Crippen molar-refractivity contribution in [2.75, 3.05) is 5.32 Å². The van der Waals surface area contributed by atoms with E-state index in [-0.39, 0.29) is 11.6 Å². The fourth-order valence-electron chi connectivity index (χ4n) is 3.18. The Morgan fingerprint density at radius 1 is 0.875 bits per heavy atom. The summed E-state index contributed by atoms with van der Waals surface area (Å²) in [6, 6.07) is 24.9. The van der Waals surface area contributed by atoms with Crippen molar-refractivity contribution in [2.45, 2.75) is 6.92 Å². The van der Waals surface area contributed by atoms with E-state index in [2.05, 4.69) is 15.7 Å². The molecule has 158 valence electrons. The molecule has 4 rings (SSSR count). The molecule has 0 fully saturated rings. The Labute approximate surface area is 185 Å². The fourth-order valence-corrected chi connectivity index (χ4v) is 3.18. The second-order valence-corrected chi connectivity index (χ2v) is 7.08. The van der Waals surface area contributed by atoms with Crippen molar-refractivity contribution in [3.63, 3.8) is 0 Å². The number of nitrogens with one attached hydrogen (secondary N) is 2. The van der Waals surface area contributed by atoms with Crippen LogP contribution in [0.1, 0.15) is 28.4 Å². The number of anilines is 1. The molecule has 3 aromatic carbocycles. The topological polar surface area (TPSA) is 90.9 Å². The van der Waals surface area contributed by atoms with Gasteiger partial charge in [0.2, 0.25) is 5.91 Å². The predicted molar refractivity (Wildman–Crippen MR) is 122 cm³/mol. The maximum atomic E-state index is 13.1. The second-order valence-electron chi connectivity index (χ2n) is 7.08. The van der Waals surface area contributed by atoms with Crippen LogP contribution in [0.25, 0.3) is 6.08 Å². The third-order valence-electron chi connectivity index (χ3n) is 4.68. The first kappa shape index (κ1) is 20.7. The number of rotatable bonds is 5. The Bertz CT molecular complexity index is 1220. The summed E-state index contributed by atoms with van der Waals surface area (Å²) in [4.78, 5) is 41.7. The van der Waals surface area contributed by atoms with Gasteiger partial charge in [-0.25, -0.2) is 4.99 Å². The minimum absolute atomic E-state index is 0.202. The maximum absolute atomic E-state index is 13.1. The molecule has 1 aliphatic rings. The lowest BCUT2D eigenvalue weighted by Gasteiger charge is -2.19. The Hall–Kier alpha value is -4.52. The second kappa shape index (κ2) is 9.09. The molecule has 0 atom stereocenters. The van der Waals surface area contributed by atoms with Gasteiger partial charge in [-0.15, -0.1) is 0 Å². The third kappa shape index (κ3) is 4.62. The zero-order chi connectivity index (χ0) is 22.5. The summed E-state index contributed by atoms with van der Waals surface area (Å²) in [6.45, 7) is 1.41. The Morgan fingerprint density at radius 2 is 1.50 bits per heavy atom. The lowest BCUT2D eigenvalue weighted by atomic mass is 10.2. The number of hydrazine groups is 1. The molecule has 7 nitrogen and oxygen atoms in total. The summed E-state index contributed by atoms with van der Waals surface area (Å²) in [6.07, 6.45) is 1.68. The number of carbonyl (C=O) groups is 3. The van der Waals surface area contributed by atoms with E-state index in [1.54, 1.807) is 30.3 Å². The average molecular weight is 424 g/mol. The normalized spacial score (nSPS) is 14.3. The molecule has 1 heterocycles. The standard InChI is InChI=1S/C25H20N4O3/c1-17(30)26-21-14-12-20(13-15-21)24(31)28-29-23(19-10-6-3-7-11-19)27-22(25(29)32)16-18-8-4-2-5-9-18/h2-16H,1H3,(H,26,30)(H,28,31)/b22-16-. The van der Waals surface area contributed by atoms with Gasteiger partial charge in [0.15, 0.2) is 5.84 Å². The van der Waals surface area contributed by atoms with Gasteiger partial charge in [0.25, 0.3) is 11.8 Å². The maximum Gasteiger partial charge on any atom is 0.297 e. The molecule has 0 saturated heterocycles. The van der Waals surface area contributed by atoms with E-state index in [0.717, 1.165) is 10.6 Å². The van der Waals surface area contributed by atoms with Gasteiger partial charge in [-0.3, -0.25) is 19.8 Å². The molecular weight excluding hydrogens is 404 g/mol. The molecule has 0 aliphatic carbocycles. The van der Waals surface area contributed by atoms with Crippen LogP contribution >= 0.6 is 0 Å². The highest BCUT2D eigenvalue weighted by Gasteiger charge is 2.32. The van der Waals surface area contributed by atoms with Crippen LogP contribution in [0.2, 0.25) is 0 Å². The van der Waals surface area contributed by atoms with Crippen molar-refractivity contribution in [1.82, 2.24) is 10.4 Å². The van der Waals surface area contributed by atoms with Crippen LogP contribution in [0.3, 0.4) is 0 Å². The highest BCUT2D eigenvalue weighted by Crippen LogP contribution is 2.21. The summed E-state index contributed by atoms with van der Waals surface area (Å²) < 4.78 is 0. The fraction of sp³-hybridized carbons (Fsp3) is 0.0400. The lowest BCUT2D eigenvalue weighted by molar-refractivity contribution is -0.124. The number of hydrogen-bond acceptors (Lipinski definition) is 4. The van der Waals surface area contributed by atoms with Crippen LogP contribution in [0.5, 0.6) is 0 Å². The molecule has 0 spiro atoms. The zero-order valence-corrected chi connectivity index (χ0v) is 17.3. The van der Waals surface area contributed by atoms with Gasteiger partial charge in [0.1, 0.15) is 5.70 Å². The van der Waals surface area contributed by atoms with E-state index in [1.165, 1.54) is 6.92 Å². The van der Waals surface area contributed by atoms with Crippen LogP contribution in [-0.2, 0) is 9.59 Å². The monoisotopic (exact) mass is 424 g/mol. The molecule has 32 heavy (non-hydrogen) atoms. The Balaban J connectivity index is 1.62. The quantitative estimate of drug-likeness (QED) is 0.613. The van der Waals surface area contributed by atoms with Crippen molar-refractivity contribution < 1.29 is 14.4 Å². The van der Waals surface area contributed by atoms with E-state index >= 15 is 0 Å². The number of benzene rings is 3. The zero-order valence-electron chi connectivity index (χ0n) is 17.3. The molecule has 0 bridgehead atoms. The van der Waals surface area contributed by atoms with E-state index < -0.39 is 11.8 Å². The van der Waals surface area contributed by atoms with Gasteiger partial charge in [0, 0.05) is 23.7 Å². The number of amides is 3. The molecule has 3 amide bonds. The summed E-state index contributed by atoms with van der Waals surface area (Å²) in [5.74, 6) is -0.777. The van der Waals surface area contributed by atoms with Crippen molar-refractivity contribution in [2.24, 2.45) is 4.99 Å². The van der Waals surface area contributed by atoms with E-state index in [0.29, 0.717) is 22.6 Å². The first-order valence-electron chi connectivity index (χ1n) is 9.95. The SMILES string of the molecule is CC(=O)Nc1ccc(C(=O)NN2C(=O)/C(=C/c3ccccc3)N=C2c2ccccc2)cc1. The van der Waals surface area contributed by atoms with Gasteiger partial charge >= 0.3 is 0 Å². The van der Waals surface area contributed by atoms with Crippen LogP contribution in [0.15, 0.2) is 95.6 Å². The highest BCUT2D eigenvalue weighted by atomic mass is 16.2. The summed E-state index contributed by atoms with van der Waals surface area (Å²) in [5, 5.41) is 3.81.